The second kappa shape index (κ2) is 4.74. The fourth-order valence-electron chi connectivity index (χ4n) is 0.786. The molecule has 0 unspecified atom stereocenters. The van der Waals surface area contributed by atoms with Crippen LogP contribution in [0.1, 0.15) is 20.8 Å². The third-order valence-corrected chi connectivity index (χ3v) is 4.87. The molecule has 1 fully saturated rings. The highest BCUT2D eigenvalue weighted by Gasteiger charge is 2.16. The van der Waals surface area contributed by atoms with Gasteiger partial charge in [-0.3, -0.25) is 0 Å². The van der Waals surface area contributed by atoms with Crippen LogP contribution in [0.15, 0.2) is 0 Å². The molecule has 2 nitrogen and oxygen atoms in total. The number of rotatable bonds is 2. The Kier molecular flexibility index (Phi) is 4.23. The molecule has 72 valence electrons. The Balaban J connectivity index is 2.13. The Hall–Kier alpha value is 0.620. The Morgan fingerprint density at radius 1 is 1.17 bits per heavy atom. The summed E-state index contributed by atoms with van der Waals surface area (Å²) in [4.78, 5) is 0. The van der Waals surface area contributed by atoms with Crippen molar-refractivity contribution < 1.29 is 4.74 Å². The lowest BCUT2D eigenvalue weighted by atomic mass is 10.3. The Morgan fingerprint density at radius 3 is 2.25 bits per heavy atom. The molecule has 1 aliphatic rings. The predicted octanol–water partition coefficient (Wildman–Crippen LogP) is 2.41. The average Bonchev–Trinajstić information content (AvgIpc) is 2.02. The zero-order valence-electron chi connectivity index (χ0n) is 8.00. The van der Waals surface area contributed by atoms with E-state index in [0.717, 1.165) is 26.3 Å². The number of nitrogens with zero attached hydrogens (tertiary/aromatic N) is 1. The summed E-state index contributed by atoms with van der Waals surface area (Å²) in [6.45, 7) is 10.6. The van der Waals surface area contributed by atoms with E-state index in [4.69, 9.17) is 4.74 Å². The highest BCUT2D eigenvalue weighted by Crippen LogP contribution is 2.37. The summed E-state index contributed by atoms with van der Waals surface area (Å²) in [6, 6.07) is 0. The van der Waals surface area contributed by atoms with Crippen molar-refractivity contribution >= 4 is 21.8 Å². The minimum atomic E-state index is 0.350. The minimum absolute atomic E-state index is 0.350. The lowest BCUT2D eigenvalue weighted by Crippen LogP contribution is -2.30. The van der Waals surface area contributed by atoms with Gasteiger partial charge in [0.05, 0.1) is 13.2 Å². The van der Waals surface area contributed by atoms with E-state index in [2.05, 4.69) is 25.1 Å². The van der Waals surface area contributed by atoms with Crippen LogP contribution in [0.5, 0.6) is 0 Å². The largest absolute Gasteiger partial charge is 0.379 e. The topological polar surface area (TPSA) is 12.5 Å². The average molecular weight is 207 g/mol. The van der Waals surface area contributed by atoms with Crippen molar-refractivity contribution in [3.05, 3.63) is 0 Å². The zero-order chi connectivity index (χ0) is 9.03. The van der Waals surface area contributed by atoms with Gasteiger partial charge in [-0.25, -0.2) is 4.31 Å². The quantitative estimate of drug-likeness (QED) is 0.509. The molecule has 0 atom stereocenters. The molecule has 0 aromatic heterocycles. The van der Waals surface area contributed by atoms with Crippen molar-refractivity contribution in [3.63, 3.8) is 0 Å². The van der Waals surface area contributed by atoms with Gasteiger partial charge in [0, 0.05) is 17.8 Å². The number of hydrogen-bond acceptors (Lipinski definition) is 4. The van der Waals surface area contributed by atoms with E-state index in [1.165, 1.54) is 0 Å². The highest BCUT2D eigenvalue weighted by atomic mass is 33.1. The summed E-state index contributed by atoms with van der Waals surface area (Å²) in [7, 11) is 3.80. The van der Waals surface area contributed by atoms with Gasteiger partial charge in [-0.15, -0.1) is 0 Å². The van der Waals surface area contributed by atoms with Crippen LogP contribution in [0, 0.1) is 0 Å². The van der Waals surface area contributed by atoms with Gasteiger partial charge in [-0.2, -0.15) is 0 Å². The van der Waals surface area contributed by atoms with Crippen LogP contribution in [0.25, 0.3) is 0 Å². The Labute approximate surface area is 82.9 Å². The molecule has 0 radical (unpaired) electrons. The summed E-state index contributed by atoms with van der Waals surface area (Å²) in [5, 5.41) is 0. The van der Waals surface area contributed by atoms with Gasteiger partial charge in [0.25, 0.3) is 0 Å². The van der Waals surface area contributed by atoms with Crippen LogP contribution in [0.4, 0.5) is 0 Å². The monoisotopic (exact) mass is 207 g/mol. The fraction of sp³-hybridized carbons (Fsp3) is 1.00. The molecule has 1 heterocycles. The lowest BCUT2D eigenvalue weighted by molar-refractivity contribution is 0.0779. The van der Waals surface area contributed by atoms with Crippen molar-refractivity contribution in [2.45, 2.75) is 25.5 Å². The van der Waals surface area contributed by atoms with Gasteiger partial charge in [0.15, 0.2) is 0 Å². The Morgan fingerprint density at radius 2 is 1.75 bits per heavy atom. The standard InChI is InChI=1S/C8H17NOS2/c1-8(2,3)11-12-9-4-6-10-7-5-9/h4-7H2,1-3H3. The summed E-state index contributed by atoms with van der Waals surface area (Å²) in [5.74, 6) is 0. The van der Waals surface area contributed by atoms with E-state index in [1.807, 2.05) is 21.8 Å². The first-order valence-electron chi connectivity index (χ1n) is 4.26. The second-order valence-corrected chi connectivity index (χ2v) is 6.82. The first-order chi connectivity index (χ1) is 5.58. The van der Waals surface area contributed by atoms with Crippen LogP contribution >= 0.6 is 21.8 Å². The van der Waals surface area contributed by atoms with E-state index >= 15 is 0 Å². The summed E-state index contributed by atoms with van der Waals surface area (Å²) in [6.07, 6.45) is 0. The molecule has 0 N–H and O–H groups in total. The van der Waals surface area contributed by atoms with Crippen LogP contribution < -0.4 is 0 Å². The normalized spacial score (nSPS) is 21.2. The molecule has 0 bridgehead atoms. The summed E-state index contributed by atoms with van der Waals surface area (Å²) < 4.78 is 7.99. The molecule has 1 aliphatic heterocycles. The molecule has 0 aromatic carbocycles. The van der Waals surface area contributed by atoms with Crippen LogP contribution in [0.2, 0.25) is 0 Å². The maximum atomic E-state index is 5.27. The SMILES string of the molecule is CC(C)(C)SSN1CCOCC1. The molecular formula is C8H17NOS2. The lowest BCUT2D eigenvalue weighted by Gasteiger charge is -2.27. The molecule has 0 amide bonds. The van der Waals surface area contributed by atoms with Crippen LogP contribution in [-0.4, -0.2) is 35.4 Å². The van der Waals surface area contributed by atoms with Gasteiger partial charge in [-0.1, -0.05) is 31.6 Å². The third kappa shape index (κ3) is 4.60. The maximum Gasteiger partial charge on any atom is 0.0603 e. The van der Waals surface area contributed by atoms with Crippen LogP contribution in [-0.2, 0) is 4.74 Å². The highest BCUT2D eigenvalue weighted by molar-refractivity contribution is 8.76. The number of ether oxygens (including phenoxy) is 1. The fourth-order valence-corrected chi connectivity index (χ4v) is 2.85. The molecule has 0 aliphatic carbocycles. The number of hydrogen-bond donors (Lipinski definition) is 0. The van der Waals surface area contributed by atoms with E-state index < -0.39 is 0 Å². The van der Waals surface area contributed by atoms with Crippen molar-refractivity contribution in [1.29, 1.82) is 0 Å². The van der Waals surface area contributed by atoms with Crippen molar-refractivity contribution in [1.82, 2.24) is 4.31 Å². The predicted molar refractivity (Wildman–Crippen MR) is 57.3 cm³/mol. The molecule has 0 aromatic rings. The van der Waals surface area contributed by atoms with Gasteiger partial charge in [-0.05, 0) is 11.0 Å². The van der Waals surface area contributed by atoms with E-state index in [9.17, 15) is 0 Å². The smallest absolute Gasteiger partial charge is 0.0603 e. The van der Waals surface area contributed by atoms with Gasteiger partial charge in [0.2, 0.25) is 0 Å². The first-order valence-corrected chi connectivity index (χ1v) is 6.37. The van der Waals surface area contributed by atoms with Gasteiger partial charge >= 0.3 is 0 Å². The van der Waals surface area contributed by atoms with Crippen LogP contribution in [0.3, 0.4) is 0 Å². The van der Waals surface area contributed by atoms with Gasteiger partial charge < -0.3 is 4.74 Å². The van der Waals surface area contributed by atoms with E-state index in [1.54, 1.807) is 0 Å². The summed E-state index contributed by atoms with van der Waals surface area (Å²) in [5.41, 5.74) is 0. The molecule has 12 heavy (non-hydrogen) atoms. The van der Waals surface area contributed by atoms with Crippen molar-refractivity contribution in [3.8, 4) is 0 Å². The first kappa shape index (κ1) is 10.7. The molecular weight excluding hydrogens is 190 g/mol. The van der Waals surface area contributed by atoms with Crippen molar-refractivity contribution in [2.75, 3.05) is 26.3 Å². The summed E-state index contributed by atoms with van der Waals surface area (Å²) >= 11 is 0. The molecule has 0 spiro atoms. The molecule has 0 saturated carbocycles. The molecule has 1 saturated heterocycles. The van der Waals surface area contributed by atoms with E-state index in [-0.39, 0.29) is 0 Å². The van der Waals surface area contributed by atoms with Gasteiger partial charge in [0.1, 0.15) is 0 Å². The van der Waals surface area contributed by atoms with Crippen molar-refractivity contribution in [2.24, 2.45) is 0 Å². The minimum Gasteiger partial charge on any atom is -0.379 e. The molecule has 4 heteroatoms. The zero-order valence-corrected chi connectivity index (χ0v) is 9.63. The second-order valence-electron chi connectivity index (χ2n) is 3.81. The third-order valence-electron chi connectivity index (χ3n) is 1.36. The Bertz CT molecular complexity index is 130. The number of morpholine rings is 1. The van der Waals surface area contributed by atoms with E-state index in [0.29, 0.717) is 4.75 Å². The molecule has 1 rings (SSSR count). The maximum absolute atomic E-state index is 5.27.